The maximum Gasteiger partial charge on any atom is 0.256 e. The number of carbonyl (C=O) groups excluding carboxylic acids is 2. The molecule has 2 amide bonds. The summed E-state index contributed by atoms with van der Waals surface area (Å²) in [7, 11) is 0. The predicted octanol–water partition coefficient (Wildman–Crippen LogP) is 5.46. The molecule has 0 unspecified atom stereocenters. The van der Waals surface area contributed by atoms with Crippen molar-refractivity contribution in [3.8, 4) is 0 Å². The number of thiazole rings is 1. The van der Waals surface area contributed by atoms with Gasteiger partial charge in [-0.25, -0.2) is 13.8 Å². The summed E-state index contributed by atoms with van der Waals surface area (Å²) in [5.41, 5.74) is 1.93. The second kappa shape index (κ2) is 9.97. The summed E-state index contributed by atoms with van der Waals surface area (Å²) in [6.07, 6.45) is 3.33. The summed E-state index contributed by atoms with van der Waals surface area (Å²) in [5, 5.41) is 4.11. The predicted molar refractivity (Wildman–Crippen MR) is 125 cm³/mol. The van der Waals surface area contributed by atoms with Gasteiger partial charge in [-0.2, -0.15) is 0 Å². The van der Waals surface area contributed by atoms with Crippen molar-refractivity contribution in [2.24, 2.45) is 5.92 Å². The topological polar surface area (TPSA) is 62.3 Å². The minimum Gasteiger partial charge on any atom is -0.339 e. The summed E-state index contributed by atoms with van der Waals surface area (Å²) in [4.78, 5) is 32.0. The van der Waals surface area contributed by atoms with Gasteiger partial charge in [-0.3, -0.25) is 9.59 Å². The SMILES string of the molecule is Cc1ccc(Cc2cnc(NC(=O)C3CCN(C(=O)c4ccc(F)cc4F)CC3)s2)cc1Cl. The molecule has 5 nitrogen and oxygen atoms in total. The molecule has 1 N–H and O–H groups in total. The smallest absolute Gasteiger partial charge is 0.256 e. The van der Waals surface area contributed by atoms with Crippen LogP contribution in [-0.4, -0.2) is 34.8 Å². The van der Waals surface area contributed by atoms with Crippen LogP contribution in [0.5, 0.6) is 0 Å². The first-order valence-corrected chi connectivity index (χ1v) is 11.7. The first kappa shape index (κ1) is 23.3. The molecule has 2 heterocycles. The molecule has 172 valence electrons. The molecular weight excluding hydrogens is 468 g/mol. The molecule has 1 saturated heterocycles. The monoisotopic (exact) mass is 489 g/mol. The van der Waals surface area contributed by atoms with Crippen LogP contribution < -0.4 is 5.32 Å². The quantitative estimate of drug-likeness (QED) is 0.517. The normalized spacial score (nSPS) is 14.4. The maximum absolute atomic E-state index is 13.9. The molecule has 9 heteroatoms. The van der Waals surface area contributed by atoms with E-state index in [1.165, 1.54) is 16.2 Å². The van der Waals surface area contributed by atoms with Gasteiger partial charge in [-0.15, -0.1) is 11.3 Å². The molecule has 0 radical (unpaired) electrons. The van der Waals surface area contributed by atoms with Crippen molar-refractivity contribution >= 4 is 39.9 Å². The van der Waals surface area contributed by atoms with Crippen molar-refractivity contribution in [1.82, 2.24) is 9.88 Å². The third-order valence-corrected chi connectivity index (χ3v) is 7.03. The summed E-state index contributed by atoms with van der Waals surface area (Å²) in [5.74, 6) is -2.52. The van der Waals surface area contributed by atoms with E-state index in [4.69, 9.17) is 11.6 Å². The van der Waals surface area contributed by atoms with Crippen LogP contribution in [0.15, 0.2) is 42.6 Å². The molecule has 1 fully saturated rings. The van der Waals surface area contributed by atoms with Gasteiger partial charge in [-0.1, -0.05) is 23.7 Å². The average Bonchev–Trinajstić information content (AvgIpc) is 3.22. The van der Waals surface area contributed by atoms with E-state index in [2.05, 4.69) is 10.3 Å². The van der Waals surface area contributed by atoms with E-state index in [0.717, 1.165) is 33.2 Å². The molecule has 0 spiro atoms. The van der Waals surface area contributed by atoms with Crippen LogP contribution in [0.4, 0.5) is 13.9 Å². The van der Waals surface area contributed by atoms with Crippen molar-refractivity contribution in [2.45, 2.75) is 26.2 Å². The number of halogens is 3. The van der Waals surface area contributed by atoms with Crippen molar-refractivity contribution in [3.05, 3.63) is 80.8 Å². The van der Waals surface area contributed by atoms with Crippen LogP contribution in [0.25, 0.3) is 0 Å². The van der Waals surface area contributed by atoms with E-state index < -0.39 is 17.5 Å². The Morgan fingerprint density at radius 3 is 2.64 bits per heavy atom. The van der Waals surface area contributed by atoms with Gasteiger partial charge in [-0.05, 0) is 49.1 Å². The fourth-order valence-corrected chi connectivity index (χ4v) is 4.83. The Morgan fingerprint density at radius 2 is 1.94 bits per heavy atom. The van der Waals surface area contributed by atoms with Gasteiger partial charge in [0.15, 0.2) is 5.13 Å². The molecular formula is C24H22ClF2N3O2S. The zero-order valence-corrected chi connectivity index (χ0v) is 19.5. The maximum atomic E-state index is 13.9. The molecule has 0 saturated carbocycles. The zero-order chi connectivity index (χ0) is 23.5. The van der Waals surface area contributed by atoms with Crippen LogP contribution in [0.3, 0.4) is 0 Å². The van der Waals surface area contributed by atoms with Crippen LogP contribution in [0, 0.1) is 24.5 Å². The number of anilines is 1. The van der Waals surface area contributed by atoms with E-state index in [9.17, 15) is 18.4 Å². The molecule has 33 heavy (non-hydrogen) atoms. The number of carbonyl (C=O) groups is 2. The Hall–Kier alpha value is -2.84. The number of aromatic nitrogens is 1. The molecule has 3 aromatic rings. The van der Waals surface area contributed by atoms with Crippen LogP contribution >= 0.6 is 22.9 Å². The average molecular weight is 490 g/mol. The highest BCUT2D eigenvalue weighted by Gasteiger charge is 2.29. The molecule has 2 aromatic carbocycles. The van der Waals surface area contributed by atoms with Crippen molar-refractivity contribution in [1.29, 1.82) is 0 Å². The van der Waals surface area contributed by atoms with Crippen molar-refractivity contribution < 1.29 is 18.4 Å². The Labute approximate surface area is 199 Å². The number of benzene rings is 2. The van der Waals surface area contributed by atoms with E-state index >= 15 is 0 Å². The van der Waals surface area contributed by atoms with Gasteiger partial charge in [0.2, 0.25) is 5.91 Å². The van der Waals surface area contributed by atoms with Crippen LogP contribution in [0.1, 0.15) is 39.2 Å². The van der Waals surface area contributed by atoms with E-state index in [1.54, 1.807) is 6.20 Å². The lowest BCUT2D eigenvalue weighted by atomic mass is 9.95. The Balaban J connectivity index is 1.30. The lowest BCUT2D eigenvalue weighted by molar-refractivity contribution is -0.121. The third-order valence-electron chi connectivity index (χ3n) is 5.71. The number of piperidine rings is 1. The highest BCUT2D eigenvalue weighted by molar-refractivity contribution is 7.15. The summed E-state index contributed by atoms with van der Waals surface area (Å²) in [6, 6.07) is 8.84. The highest BCUT2D eigenvalue weighted by Crippen LogP contribution is 2.26. The first-order chi connectivity index (χ1) is 15.8. The van der Waals surface area contributed by atoms with Gasteiger partial charge in [0.05, 0.1) is 5.56 Å². The summed E-state index contributed by atoms with van der Waals surface area (Å²) in [6.45, 7) is 2.60. The second-order valence-corrected chi connectivity index (χ2v) is 9.59. The minimum absolute atomic E-state index is 0.144. The molecule has 1 aliphatic heterocycles. The van der Waals surface area contributed by atoms with Gasteiger partial charge < -0.3 is 10.2 Å². The number of hydrogen-bond donors (Lipinski definition) is 1. The zero-order valence-electron chi connectivity index (χ0n) is 17.9. The molecule has 0 aliphatic carbocycles. The largest absolute Gasteiger partial charge is 0.339 e. The van der Waals surface area contributed by atoms with Gasteiger partial charge in [0, 0.05) is 47.6 Å². The molecule has 1 aliphatic rings. The second-order valence-electron chi connectivity index (χ2n) is 8.07. The van der Waals surface area contributed by atoms with Crippen molar-refractivity contribution in [2.75, 3.05) is 18.4 Å². The molecule has 0 atom stereocenters. The Kier molecular flexibility index (Phi) is 7.05. The minimum atomic E-state index is -0.882. The molecule has 1 aromatic heterocycles. The number of nitrogens with zero attached hydrogens (tertiary/aromatic N) is 2. The van der Waals surface area contributed by atoms with E-state index in [1.807, 2.05) is 25.1 Å². The number of rotatable bonds is 5. The molecule has 0 bridgehead atoms. The summed E-state index contributed by atoms with van der Waals surface area (Å²) < 4.78 is 27.0. The van der Waals surface area contributed by atoms with Gasteiger partial charge in [0.25, 0.3) is 5.91 Å². The number of aryl methyl sites for hydroxylation is 1. The Bertz CT molecular complexity index is 1190. The first-order valence-electron chi connectivity index (χ1n) is 10.5. The summed E-state index contributed by atoms with van der Waals surface area (Å²) >= 11 is 7.60. The van der Waals surface area contributed by atoms with Crippen molar-refractivity contribution in [3.63, 3.8) is 0 Å². The fraction of sp³-hybridized carbons (Fsp3) is 0.292. The fourth-order valence-electron chi connectivity index (χ4n) is 3.78. The van der Waals surface area contributed by atoms with Crippen LogP contribution in [0.2, 0.25) is 5.02 Å². The number of hydrogen-bond acceptors (Lipinski definition) is 4. The molecule has 4 rings (SSSR count). The van der Waals surface area contributed by atoms with Crippen LogP contribution in [-0.2, 0) is 11.2 Å². The Morgan fingerprint density at radius 1 is 1.18 bits per heavy atom. The van der Waals surface area contributed by atoms with Gasteiger partial charge in [0.1, 0.15) is 11.6 Å². The highest BCUT2D eigenvalue weighted by atomic mass is 35.5. The third kappa shape index (κ3) is 5.57. The van der Waals surface area contributed by atoms with E-state index in [0.29, 0.717) is 43.5 Å². The van der Waals surface area contributed by atoms with Gasteiger partial charge >= 0.3 is 0 Å². The standard InChI is InChI=1S/C24H22ClF2N3O2S/c1-14-2-3-15(11-20(14)25)10-18-13-28-24(33-18)29-22(31)16-6-8-30(9-7-16)23(32)19-5-4-17(26)12-21(19)27/h2-5,11-13,16H,6-10H2,1H3,(H,28,29,31). The number of nitrogens with one attached hydrogen (secondary N) is 1. The lowest BCUT2D eigenvalue weighted by Gasteiger charge is -2.31. The number of likely N-dealkylation sites (tertiary alicyclic amines) is 1. The number of amides is 2. The lowest BCUT2D eigenvalue weighted by Crippen LogP contribution is -2.41. The van der Waals surface area contributed by atoms with E-state index in [-0.39, 0.29) is 17.4 Å².